The second-order valence-electron chi connectivity index (χ2n) is 6.61. The Labute approximate surface area is 170 Å². The van der Waals surface area contributed by atoms with Gasteiger partial charge in [0.25, 0.3) is 7.82 Å². The van der Waals surface area contributed by atoms with Crippen LogP contribution in [0, 0.1) is 0 Å². The van der Waals surface area contributed by atoms with E-state index in [1.165, 1.54) is 83.5 Å². The first kappa shape index (κ1) is 30.5. The van der Waals surface area contributed by atoms with Crippen LogP contribution in [0.4, 0.5) is 0 Å². The standard InChI is InChI=1S/C18H39O4P.Mo.H3N/c1-2-3-4-5-6-7-8-9-10-11-12-13-14-15-16-17-18-22-23(19,20)21;;/h2-18H2,1H3,(H2,19,20,21);;1H3. The molecule has 1 atom stereocenters. The van der Waals surface area contributed by atoms with E-state index in [-0.39, 0.29) is 33.8 Å². The molecule has 0 bridgehead atoms. The van der Waals surface area contributed by atoms with Gasteiger partial charge in [0.05, 0.1) is 6.61 Å². The van der Waals surface area contributed by atoms with E-state index in [4.69, 9.17) is 4.89 Å². The van der Waals surface area contributed by atoms with Crippen molar-refractivity contribution in [3.63, 3.8) is 0 Å². The third-order valence-electron chi connectivity index (χ3n) is 4.25. The molecule has 0 rings (SSSR count). The van der Waals surface area contributed by atoms with Crippen molar-refractivity contribution in [2.75, 3.05) is 6.61 Å². The molecule has 0 radical (unpaired) electrons. The molecule has 7 heteroatoms. The van der Waals surface area contributed by atoms with Crippen molar-refractivity contribution >= 4 is 7.82 Å². The van der Waals surface area contributed by atoms with Gasteiger partial charge < -0.3 is 20.5 Å². The SMILES string of the molecule is CCCCCCCCCCCCCCCCCCOP(=O)([O-])O.[Mo].[NH4+]. The molecule has 1 unspecified atom stereocenters. The molecule has 0 aromatic heterocycles. The minimum atomic E-state index is -4.51. The van der Waals surface area contributed by atoms with Gasteiger partial charge in [-0.1, -0.05) is 103 Å². The Morgan fingerprint density at radius 2 is 1.00 bits per heavy atom. The first-order chi connectivity index (χ1) is 11.1. The second kappa shape index (κ2) is 22.8. The maximum absolute atomic E-state index is 10.4. The van der Waals surface area contributed by atoms with Gasteiger partial charge in [0.1, 0.15) is 0 Å². The number of quaternary nitrogens is 1. The van der Waals surface area contributed by atoms with Crippen molar-refractivity contribution in [1.82, 2.24) is 6.15 Å². The topological polar surface area (TPSA) is 106 Å². The first-order valence-electron chi connectivity index (χ1n) is 9.74. The summed E-state index contributed by atoms with van der Waals surface area (Å²) < 4.78 is 14.7. The molecule has 0 saturated carbocycles. The van der Waals surface area contributed by atoms with Gasteiger partial charge in [-0.3, -0.25) is 4.57 Å². The quantitative estimate of drug-likeness (QED) is 0.146. The number of phosphoric acid groups is 1. The fourth-order valence-electron chi connectivity index (χ4n) is 2.83. The molecule has 0 aromatic rings. The normalized spacial score (nSPS) is 12.9. The Morgan fingerprint density at radius 3 is 1.28 bits per heavy atom. The molecule has 0 saturated heterocycles. The third-order valence-corrected chi connectivity index (χ3v) is 4.76. The van der Waals surface area contributed by atoms with Gasteiger partial charge >= 0.3 is 0 Å². The largest absolute Gasteiger partial charge is 0.756 e. The summed E-state index contributed by atoms with van der Waals surface area (Å²) in [5, 5.41) is 0. The maximum atomic E-state index is 10.4. The minimum absolute atomic E-state index is 0. The van der Waals surface area contributed by atoms with Crippen LogP contribution in [0.2, 0.25) is 0 Å². The second-order valence-corrected chi connectivity index (χ2v) is 7.80. The fraction of sp³-hybridized carbons (Fsp3) is 1.00. The van der Waals surface area contributed by atoms with Crippen LogP contribution in [0.3, 0.4) is 0 Å². The zero-order valence-electron chi connectivity index (χ0n) is 16.5. The first-order valence-corrected chi connectivity index (χ1v) is 11.2. The van der Waals surface area contributed by atoms with Gasteiger partial charge in [0, 0.05) is 21.1 Å². The summed E-state index contributed by atoms with van der Waals surface area (Å²) in [5.41, 5.74) is 0. The number of hydrogen-bond acceptors (Lipinski definition) is 3. The van der Waals surface area contributed by atoms with Crippen molar-refractivity contribution < 1.29 is 39.9 Å². The smallest absolute Gasteiger partial charge is 0.265 e. The monoisotopic (exact) mass is 465 g/mol. The van der Waals surface area contributed by atoms with Gasteiger partial charge in [-0.05, 0) is 6.42 Å². The summed E-state index contributed by atoms with van der Waals surface area (Å²) in [5.74, 6) is 0. The van der Waals surface area contributed by atoms with Crippen molar-refractivity contribution in [2.45, 2.75) is 110 Å². The Kier molecular flexibility index (Phi) is 27.8. The summed E-state index contributed by atoms with van der Waals surface area (Å²) in [6.45, 7) is 2.37. The van der Waals surface area contributed by atoms with E-state index in [0.717, 1.165) is 12.8 Å². The maximum Gasteiger partial charge on any atom is 0.265 e. The molecule has 154 valence electrons. The molecule has 0 aliphatic heterocycles. The number of phosphoric ester groups is 1. The Hall–Kier alpha value is 0.758. The van der Waals surface area contributed by atoms with Crippen LogP contribution in [-0.4, -0.2) is 11.5 Å². The van der Waals surface area contributed by atoms with Crippen molar-refractivity contribution in [3.8, 4) is 0 Å². The predicted molar refractivity (Wildman–Crippen MR) is 101 cm³/mol. The molecule has 0 heterocycles. The van der Waals surface area contributed by atoms with Crippen LogP contribution >= 0.6 is 7.82 Å². The molecule has 25 heavy (non-hydrogen) atoms. The Bertz CT molecular complexity index is 290. The predicted octanol–water partition coefficient (Wildman–Crippen LogP) is 6.10. The number of rotatable bonds is 18. The van der Waals surface area contributed by atoms with Crippen LogP contribution in [0.15, 0.2) is 0 Å². The molecule has 5 N–H and O–H groups in total. The fourth-order valence-corrected chi connectivity index (χ4v) is 3.19. The van der Waals surface area contributed by atoms with E-state index >= 15 is 0 Å². The van der Waals surface area contributed by atoms with Crippen LogP contribution in [-0.2, 0) is 30.2 Å². The number of hydrogen-bond donors (Lipinski definition) is 2. The molecule has 0 fully saturated rings. The molecule has 0 spiro atoms. The molecular formula is C18H42MoNO4P. The molecular weight excluding hydrogens is 421 g/mol. The van der Waals surface area contributed by atoms with Crippen molar-refractivity contribution in [1.29, 1.82) is 0 Å². The summed E-state index contributed by atoms with van der Waals surface area (Å²) >= 11 is 0. The van der Waals surface area contributed by atoms with E-state index in [1.807, 2.05) is 0 Å². The average Bonchev–Trinajstić information content (AvgIpc) is 2.49. The van der Waals surface area contributed by atoms with Gasteiger partial charge in [-0.2, -0.15) is 0 Å². The minimum Gasteiger partial charge on any atom is -0.756 e. The average molecular weight is 463 g/mol. The van der Waals surface area contributed by atoms with Gasteiger partial charge in [0.15, 0.2) is 0 Å². The van der Waals surface area contributed by atoms with E-state index in [2.05, 4.69) is 11.4 Å². The van der Waals surface area contributed by atoms with E-state index in [0.29, 0.717) is 6.42 Å². The van der Waals surface area contributed by atoms with E-state index < -0.39 is 7.82 Å². The summed E-state index contributed by atoms with van der Waals surface area (Å²) in [7, 11) is -4.51. The van der Waals surface area contributed by atoms with Gasteiger partial charge in [-0.15, -0.1) is 0 Å². The van der Waals surface area contributed by atoms with Crippen LogP contribution in [0.5, 0.6) is 0 Å². The summed E-state index contributed by atoms with van der Waals surface area (Å²) in [6, 6.07) is 0. The zero-order valence-corrected chi connectivity index (χ0v) is 19.4. The summed E-state index contributed by atoms with van der Waals surface area (Å²) in [6.07, 6.45) is 20.5. The molecule has 5 nitrogen and oxygen atoms in total. The van der Waals surface area contributed by atoms with E-state index in [9.17, 15) is 9.46 Å². The van der Waals surface area contributed by atoms with E-state index in [1.54, 1.807) is 0 Å². The van der Waals surface area contributed by atoms with Gasteiger partial charge in [0.2, 0.25) is 0 Å². The van der Waals surface area contributed by atoms with Gasteiger partial charge in [-0.25, -0.2) is 0 Å². The summed E-state index contributed by atoms with van der Waals surface area (Å²) in [4.78, 5) is 18.8. The molecule has 0 amide bonds. The Balaban J connectivity index is -0.00000242. The molecule has 0 aliphatic rings. The van der Waals surface area contributed by atoms with Crippen molar-refractivity contribution in [3.05, 3.63) is 0 Å². The third kappa shape index (κ3) is 29.8. The Morgan fingerprint density at radius 1 is 0.720 bits per heavy atom. The van der Waals surface area contributed by atoms with Crippen molar-refractivity contribution in [2.24, 2.45) is 0 Å². The van der Waals surface area contributed by atoms with Crippen LogP contribution < -0.4 is 11.0 Å². The molecule has 0 aliphatic carbocycles. The number of unbranched alkanes of at least 4 members (excludes halogenated alkanes) is 15. The molecule has 0 aromatic carbocycles. The zero-order chi connectivity index (χ0) is 17.2. The van der Waals surface area contributed by atoms with Crippen LogP contribution in [0.1, 0.15) is 110 Å². The van der Waals surface area contributed by atoms with Crippen LogP contribution in [0.25, 0.3) is 0 Å².